The van der Waals surface area contributed by atoms with Gasteiger partial charge in [0.1, 0.15) is 11.6 Å². The summed E-state index contributed by atoms with van der Waals surface area (Å²) in [6.07, 6.45) is 1.87. The summed E-state index contributed by atoms with van der Waals surface area (Å²) in [5.74, 6) is 0.661. The molecule has 7 heteroatoms. The molecule has 0 radical (unpaired) electrons. The van der Waals surface area contributed by atoms with E-state index < -0.39 is 0 Å². The van der Waals surface area contributed by atoms with Crippen molar-refractivity contribution in [2.24, 2.45) is 0 Å². The number of benzene rings is 2. The van der Waals surface area contributed by atoms with Crippen molar-refractivity contribution in [3.63, 3.8) is 0 Å². The van der Waals surface area contributed by atoms with Gasteiger partial charge < -0.3 is 9.64 Å². The third-order valence-corrected chi connectivity index (χ3v) is 5.66. The van der Waals surface area contributed by atoms with Gasteiger partial charge in [-0.15, -0.1) is 0 Å². The van der Waals surface area contributed by atoms with Crippen LogP contribution >= 0.6 is 11.6 Å². The van der Waals surface area contributed by atoms with E-state index in [2.05, 4.69) is 16.3 Å². The molecule has 0 saturated carbocycles. The van der Waals surface area contributed by atoms with Crippen LogP contribution in [0.25, 0.3) is 0 Å². The highest BCUT2D eigenvalue weighted by Crippen LogP contribution is 2.27. The smallest absolute Gasteiger partial charge is 0.227 e. The molecule has 1 fully saturated rings. The largest absolute Gasteiger partial charge is 0.492 e. The summed E-state index contributed by atoms with van der Waals surface area (Å²) in [4.78, 5) is 14.4. The van der Waals surface area contributed by atoms with Gasteiger partial charge in [0, 0.05) is 31.1 Å². The molecule has 2 heterocycles. The summed E-state index contributed by atoms with van der Waals surface area (Å²) in [5, 5.41) is 8.11. The van der Waals surface area contributed by atoms with Crippen LogP contribution in [0.4, 0.5) is 4.39 Å². The summed E-state index contributed by atoms with van der Waals surface area (Å²) < 4.78 is 18.8. The zero-order valence-corrected chi connectivity index (χ0v) is 17.2. The summed E-state index contributed by atoms with van der Waals surface area (Å²) in [6.45, 7) is 1.86. The summed E-state index contributed by atoms with van der Waals surface area (Å²) in [7, 11) is 0. The van der Waals surface area contributed by atoms with E-state index in [-0.39, 0.29) is 24.1 Å². The van der Waals surface area contributed by atoms with Crippen molar-refractivity contribution in [1.29, 1.82) is 0 Å². The number of aromatic nitrogens is 2. The molecule has 30 heavy (non-hydrogen) atoms. The molecule has 0 spiro atoms. The first-order chi connectivity index (χ1) is 14.6. The monoisotopic (exact) mass is 427 g/mol. The minimum Gasteiger partial charge on any atom is -0.492 e. The Morgan fingerprint density at radius 3 is 2.83 bits per heavy atom. The molecule has 3 aromatic rings. The number of likely N-dealkylation sites (tertiary alicyclic amines) is 1. The Bertz CT molecular complexity index is 1010. The van der Waals surface area contributed by atoms with Gasteiger partial charge in [-0.25, -0.2) is 4.39 Å². The maximum atomic E-state index is 13.0. The zero-order chi connectivity index (χ0) is 20.9. The van der Waals surface area contributed by atoms with Gasteiger partial charge >= 0.3 is 0 Å². The minimum absolute atomic E-state index is 0.0630. The van der Waals surface area contributed by atoms with E-state index in [1.807, 2.05) is 23.1 Å². The molecular weight excluding hydrogens is 405 g/mol. The second kappa shape index (κ2) is 9.30. The minimum atomic E-state index is -0.293. The lowest BCUT2D eigenvalue weighted by Crippen LogP contribution is -2.29. The molecule has 1 aliphatic rings. The third-order valence-electron chi connectivity index (χ3n) is 5.34. The van der Waals surface area contributed by atoms with E-state index in [1.165, 1.54) is 12.1 Å². The van der Waals surface area contributed by atoms with Crippen LogP contribution in [0.1, 0.15) is 29.3 Å². The highest BCUT2D eigenvalue weighted by molar-refractivity contribution is 6.32. The Balaban J connectivity index is 1.27. The number of halogens is 2. The lowest BCUT2D eigenvalue weighted by molar-refractivity contribution is -0.129. The van der Waals surface area contributed by atoms with Crippen molar-refractivity contribution >= 4 is 17.5 Å². The lowest BCUT2D eigenvalue weighted by Gasteiger charge is -2.16. The number of para-hydroxylation sites is 1. The second-order valence-electron chi connectivity index (χ2n) is 7.48. The third kappa shape index (κ3) is 5.00. The van der Waals surface area contributed by atoms with E-state index in [0.29, 0.717) is 36.9 Å². The fraction of sp³-hybridized carbons (Fsp3) is 0.304. The van der Waals surface area contributed by atoms with Crippen molar-refractivity contribution in [3.05, 3.63) is 82.4 Å². The van der Waals surface area contributed by atoms with Gasteiger partial charge in [-0.2, -0.15) is 5.10 Å². The van der Waals surface area contributed by atoms with E-state index in [9.17, 15) is 9.18 Å². The molecule has 5 nitrogen and oxygen atoms in total. The van der Waals surface area contributed by atoms with Crippen molar-refractivity contribution < 1.29 is 13.9 Å². The Labute approximate surface area is 179 Å². The molecule has 4 rings (SSSR count). The molecule has 1 aromatic heterocycles. The molecule has 1 amide bonds. The van der Waals surface area contributed by atoms with Gasteiger partial charge in [0.25, 0.3) is 0 Å². The van der Waals surface area contributed by atoms with E-state index >= 15 is 0 Å². The Hall–Kier alpha value is -2.86. The Morgan fingerprint density at radius 1 is 1.23 bits per heavy atom. The topological polar surface area (TPSA) is 58.2 Å². The molecule has 0 bridgehead atoms. The van der Waals surface area contributed by atoms with Crippen molar-refractivity contribution in [1.82, 2.24) is 15.1 Å². The van der Waals surface area contributed by atoms with Crippen LogP contribution in [0.5, 0.6) is 5.75 Å². The molecule has 0 aliphatic carbocycles. The predicted molar refractivity (Wildman–Crippen MR) is 113 cm³/mol. The molecule has 1 aliphatic heterocycles. The first kappa shape index (κ1) is 20.4. The van der Waals surface area contributed by atoms with Crippen LogP contribution in [-0.2, 0) is 17.6 Å². The van der Waals surface area contributed by atoms with Crippen LogP contribution in [0.15, 0.2) is 54.6 Å². The number of hydrogen-bond acceptors (Lipinski definition) is 3. The molecule has 2 aromatic carbocycles. The van der Waals surface area contributed by atoms with Gasteiger partial charge in [-0.05, 0) is 42.3 Å². The highest BCUT2D eigenvalue weighted by Gasteiger charge is 2.28. The van der Waals surface area contributed by atoms with Crippen LogP contribution < -0.4 is 4.74 Å². The van der Waals surface area contributed by atoms with Crippen LogP contribution in [0.3, 0.4) is 0 Å². The second-order valence-corrected chi connectivity index (χ2v) is 7.88. The predicted octanol–water partition coefficient (Wildman–Crippen LogP) is 4.38. The molecule has 1 saturated heterocycles. The van der Waals surface area contributed by atoms with E-state index in [4.69, 9.17) is 16.3 Å². The fourth-order valence-corrected chi connectivity index (χ4v) is 3.86. The van der Waals surface area contributed by atoms with Crippen LogP contribution in [0.2, 0.25) is 5.02 Å². The quantitative estimate of drug-likeness (QED) is 0.608. The van der Waals surface area contributed by atoms with Gasteiger partial charge in [-0.3, -0.25) is 9.89 Å². The molecule has 1 unspecified atom stereocenters. The zero-order valence-electron chi connectivity index (χ0n) is 16.5. The number of aromatic amines is 1. The number of nitrogens with zero attached hydrogens (tertiary/aromatic N) is 2. The van der Waals surface area contributed by atoms with E-state index in [0.717, 1.165) is 23.4 Å². The molecule has 156 valence electrons. The van der Waals surface area contributed by atoms with Gasteiger partial charge in [0.05, 0.1) is 23.7 Å². The Kier molecular flexibility index (Phi) is 6.33. The van der Waals surface area contributed by atoms with Crippen LogP contribution in [-0.4, -0.2) is 40.7 Å². The van der Waals surface area contributed by atoms with Crippen molar-refractivity contribution in [2.75, 3.05) is 19.7 Å². The lowest BCUT2D eigenvalue weighted by atomic mass is 10.0. The number of carbonyl (C=O) groups excluding carboxylic acids is 1. The highest BCUT2D eigenvalue weighted by atomic mass is 35.5. The molecule has 1 atom stereocenters. The van der Waals surface area contributed by atoms with Crippen LogP contribution in [0, 0.1) is 5.82 Å². The van der Waals surface area contributed by atoms with Gasteiger partial charge in [0.15, 0.2) is 0 Å². The van der Waals surface area contributed by atoms with Gasteiger partial charge in [-0.1, -0.05) is 35.9 Å². The summed E-state index contributed by atoms with van der Waals surface area (Å²) in [5.41, 5.74) is 2.79. The number of amides is 1. The Morgan fingerprint density at radius 2 is 2.03 bits per heavy atom. The van der Waals surface area contributed by atoms with Gasteiger partial charge in [0.2, 0.25) is 5.91 Å². The molecular formula is C23H23ClFN3O2. The number of nitrogens with one attached hydrogen (secondary N) is 1. The SMILES string of the molecule is O=C(Cc1ccc(F)cc1)N1CCC(c2cc(CCOc3ccccc3Cl)[nH]n2)C1. The maximum Gasteiger partial charge on any atom is 0.227 e. The van der Waals surface area contributed by atoms with E-state index in [1.54, 1.807) is 18.2 Å². The average molecular weight is 428 g/mol. The molecule has 1 N–H and O–H groups in total. The van der Waals surface area contributed by atoms with Crippen molar-refractivity contribution in [2.45, 2.75) is 25.2 Å². The summed E-state index contributed by atoms with van der Waals surface area (Å²) in [6, 6.07) is 15.5. The maximum absolute atomic E-state index is 13.0. The first-order valence-electron chi connectivity index (χ1n) is 10.0. The first-order valence-corrected chi connectivity index (χ1v) is 10.4. The number of rotatable bonds is 7. The van der Waals surface area contributed by atoms with Crippen molar-refractivity contribution in [3.8, 4) is 5.75 Å². The summed E-state index contributed by atoms with van der Waals surface area (Å²) >= 11 is 6.10. The average Bonchev–Trinajstić information content (AvgIpc) is 3.41. The number of ether oxygens (including phenoxy) is 1. The number of hydrogen-bond donors (Lipinski definition) is 1. The fourth-order valence-electron chi connectivity index (χ4n) is 3.67. The number of H-pyrrole nitrogens is 1. The standard InChI is InChI=1S/C23H23ClFN3O2/c24-20-3-1-2-4-22(20)30-12-10-19-14-21(27-26-19)17-9-11-28(15-17)23(29)13-16-5-7-18(25)8-6-16/h1-8,14,17H,9-13,15H2,(H,26,27). The normalized spacial score (nSPS) is 16.1. The number of carbonyl (C=O) groups is 1.